The molecule has 0 aliphatic carbocycles. The van der Waals surface area contributed by atoms with Crippen LogP contribution in [0.15, 0.2) is 48.5 Å². The van der Waals surface area contributed by atoms with Gasteiger partial charge in [-0.1, -0.05) is 42.5 Å². The van der Waals surface area contributed by atoms with Crippen molar-refractivity contribution in [2.24, 2.45) is 0 Å². The molecule has 24 heavy (non-hydrogen) atoms. The van der Waals surface area contributed by atoms with E-state index in [-0.39, 0.29) is 6.61 Å². The largest absolute Gasteiger partial charge is 0.392 e. The van der Waals surface area contributed by atoms with Crippen LogP contribution in [0.25, 0.3) is 0 Å². The number of nitrogens with zero attached hydrogens (tertiary/aromatic N) is 2. The van der Waals surface area contributed by atoms with Crippen molar-refractivity contribution in [3.8, 4) is 0 Å². The van der Waals surface area contributed by atoms with Crippen molar-refractivity contribution in [2.45, 2.75) is 31.4 Å². The molecule has 0 radical (unpaired) electrons. The van der Waals surface area contributed by atoms with Gasteiger partial charge in [-0.15, -0.1) is 0 Å². The Balaban J connectivity index is 1.44. The van der Waals surface area contributed by atoms with Crippen molar-refractivity contribution in [3.63, 3.8) is 0 Å². The Bertz CT molecular complexity index is 702. The van der Waals surface area contributed by atoms with Crippen molar-refractivity contribution in [3.05, 3.63) is 65.2 Å². The Morgan fingerprint density at radius 3 is 2.33 bits per heavy atom. The van der Waals surface area contributed by atoms with Gasteiger partial charge < -0.3 is 10.0 Å². The Labute approximate surface area is 144 Å². The normalized spacial score (nSPS) is 19.7. The van der Waals surface area contributed by atoms with E-state index >= 15 is 0 Å². The number of likely N-dealkylation sites (N-methyl/N-ethyl adjacent to an activating group) is 1. The Morgan fingerprint density at radius 2 is 1.62 bits per heavy atom. The standard InChI is InChI=1S/C21H26N2O/c1-22-16-21(19-4-2-3-5-20(19)22)10-12-23(13-11-21)14-17-6-8-18(15-24)9-7-17/h2-9,24H,10-16H2,1H3. The maximum absolute atomic E-state index is 9.15. The van der Waals surface area contributed by atoms with Gasteiger partial charge in [0.25, 0.3) is 0 Å². The molecule has 1 saturated heterocycles. The predicted molar refractivity (Wildman–Crippen MR) is 98.3 cm³/mol. The molecule has 3 nitrogen and oxygen atoms in total. The summed E-state index contributed by atoms with van der Waals surface area (Å²) < 4.78 is 0. The molecule has 2 aliphatic heterocycles. The van der Waals surface area contributed by atoms with Crippen LogP contribution >= 0.6 is 0 Å². The Hall–Kier alpha value is -1.84. The lowest BCUT2D eigenvalue weighted by Gasteiger charge is -2.40. The van der Waals surface area contributed by atoms with Crippen LogP contribution in [0, 0.1) is 0 Å². The monoisotopic (exact) mass is 322 g/mol. The molecule has 0 amide bonds. The van der Waals surface area contributed by atoms with Crippen LogP contribution in [0.1, 0.15) is 29.5 Å². The second-order valence-corrected chi connectivity index (χ2v) is 7.40. The van der Waals surface area contributed by atoms with E-state index in [2.05, 4.69) is 53.2 Å². The molecular weight excluding hydrogens is 296 g/mol. The number of fused-ring (bicyclic) bond motifs is 2. The Kier molecular flexibility index (Phi) is 4.07. The number of piperidine rings is 1. The minimum absolute atomic E-state index is 0.124. The second-order valence-electron chi connectivity index (χ2n) is 7.40. The average Bonchev–Trinajstić information content (AvgIpc) is 2.90. The minimum Gasteiger partial charge on any atom is -0.392 e. The first-order chi connectivity index (χ1) is 11.7. The smallest absolute Gasteiger partial charge is 0.0681 e. The molecule has 1 N–H and O–H groups in total. The van der Waals surface area contributed by atoms with E-state index in [1.807, 2.05) is 12.1 Å². The van der Waals surface area contributed by atoms with Crippen LogP contribution in [0.3, 0.4) is 0 Å². The average molecular weight is 322 g/mol. The van der Waals surface area contributed by atoms with Crippen LogP contribution in [-0.4, -0.2) is 36.7 Å². The number of likely N-dealkylation sites (tertiary alicyclic amines) is 1. The van der Waals surface area contributed by atoms with Crippen molar-refractivity contribution in [2.75, 3.05) is 31.6 Å². The highest BCUT2D eigenvalue weighted by Crippen LogP contribution is 2.46. The van der Waals surface area contributed by atoms with E-state index in [4.69, 9.17) is 5.11 Å². The molecule has 3 heteroatoms. The topological polar surface area (TPSA) is 26.7 Å². The molecular formula is C21H26N2O. The van der Waals surface area contributed by atoms with Gasteiger partial charge >= 0.3 is 0 Å². The fraction of sp³-hybridized carbons (Fsp3) is 0.429. The zero-order chi connectivity index (χ0) is 16.6. The summed E-state index contributed by atoms with van der Waals surface area (Å²) in [6.45, 7) is 4.61. The molecule has 2 aromatic carbocycles. The van der Waals surface area contributed by atoms with Crippen molar-refractivity contribution in [1.82, 2.24) is 4.90 Å². The summed E-state index contributed by atoms with van der Waals surface area (Å²) in [4.78, 5) is 5.00. The number of hydrogen-bond acceptors (Lipinski definition) is 3. The lowest BCUT2D eigenvalue weighted by molar-refractivity contribution is 0.160. The first-order valence-electron chi connectivity index (χ1n) is 8.92. The SMILES string of the molecule is CN1CC2(CCN(Cc3ccc(CO)cc3)CC2)c2ccccc21. The number of aliphatic hydroxyl groups excluding tert-OH is 1. The van der Waals surface area contributed by atoms with Gasteiger partial charge in [0.15, 0.2) is 0 Å². The van der Waals surface area contributed by atoms with Crippen molar-refractivity contribution in [1.29, 1.82) is 0 Å². The van der Waals surface area contributed by atoms with E-state index in [0.717, 1.165) is 31.7 Å². The van der Waals surface area contributed by atoms with E-state index < -0.39 is 0 Å². The van der Waals surface area contributed by atoms with Crippen LogP contribution < -0.4 is 4.90 Å². The summed E-state index contributed by atoms with van der Waals surface area (Å²) in [5.41, 5.74) is 5.65. The molecule has 2 heterocycles. The van der Waals surface area contributed by atoms with Gasteiger partial charge in [-0.3, -0.25) is 4.90 Å². The Morgan fingerprint density at radius 1 is 0.958 bits per heavy atom. The quantitative estimate of drug-likeness (QED) is 0.940. The second kappa shape index (κ2) is 6.23. The van der Waals surface area contributed by atoms with Crippen LogP contribution in [0.2, 0.25) is 0 Å². The zero-order valence-electron chi connectivity index (χ0n) is 14.4. The summed E-state index contributed by atoms with van der Waals surface area (Å²) in [6, 6.07) is 17.3. The third kappa shape index (κ3) is 2.72. The summed E-state index contributed by atoms with van der Waals surface area (Å²) in [5, 5.41) is 9.15. The highest BCUT2D eigenvalue weighted by atomic mass is 16.3. The molecule has 1 fully saturated rings. The molecule has 0 atom stereocenters. The van der Waals surface area contributed by atoms with Gasteiger partial charge in [-0.25, -0.2) is 0 Å². The van der Waals surface area contributed by atoms with E-state index in [0.29, 0.717) is 5.41 Å². The lowest BCUT2D eigenvalue weighted by atomic mass is 9.74. The van der Waals surface area contributed by atoms with Gasteiger partial charge in [0, 0.05) is 31.2 Å². The molecule has 126 valence electrons. The van der Waals surface area contributed by atoms with Crippen LogP contribution in [0.5, 0.6) is 0 Å². The molecule has 1 spiro atoms. The third-order valence-corrected chi connectivity index (χ3v) is 5.85. The highest BCUT2D eigenvalue weighted by molar-refractivity contribution is 5.62. The lowest BCUT2D eigenvalue weighted by Crippen LogP contribution is -2.44. The fourth-order valence-corrected chi connectivity index (χ4v) is 4.45. The molecule has 0 unspecified atom stereocenters. The maximum atomic E-state index is 9.15. The summed E-state index contributed by atoms with van der Waals surface area (Å²) in [7, 11) is 2.22. The molecule has 2 aromatic rings. The number of benzene rings is 2. The predicted octanol–water partition coefficient (Wildman–Crippen LogP) is 3.16. The number of anilines is 1. The number of hydrogen-bond donors (Lipinski definition) is 1. The molecule has 2 aliphatic rings. The van der Waals surface area contributed by atoms with Gasteiger partial charge in [-0.2, -0.15) is 0 Å². The van der Waals surface area contributed by atoms with Crippen molar-refractivity contribution < 1.29 is 5.11 Å². The molecule has 4 rings (SSSR count). The summed E-state index contributed by atoms with van der Waals surface area (Å²) >= 11 is 0. The van der Waals surface area contributed by atoms with E-state index in [1.165, 1.54) is 24.1 Å². The first-order valence-corrected chi connectivity index (χ1v) is 8.92. The molecule has 0 aromatic heterocycles. The van der Waals surface area contributed by atoms with Gasteiger partial charge in [0.1, 0.15) is 0 Å². The number of para-hydroxylation sites is 1. The molecule has 0 saturated carbocycles. The van der Waals surface area contributed by atoms with Crippen molar-refractivity contribution >= 4 is 5.69 Å². The van der Waals surface area contributed by atoms with E-state index in [9.17, 15) is 0 Å². The first kappa shape index (κ1) is 15.7. The van der Waals surface area contributed by atoms with Gasteiger partial charge in [0.05, 0.1) is 6.61 Å². The van der Waals surface area contributed by atoms with Gasteiger partial charge in [0.2, 0.25) is 0 Å². The number of aliphatic hydroxyl groups is 1. The fourth-order valence-electron chi connectivity index (χ4n) is 4.45. The van der Waals surface area contributed by atoms with Crippen LogP contribution in [0.4, 0.5) is 5.69 Å². The van der Waals surface area contributed by atoms with Crippen LogP contribution in [-0.2, 0) is 18.6 Å². The van der Waals surface area contributed by atoms with Gasteiger partial charge in [-0.05, 0) is 48.7 Å². The summed E-state index contributed by atoms with van der Waals surface area (Å²) in [5.74, 6) is 0. The maximum Gasteiger partial charge on any atom is 0.0681 e. The number of rotatable bonds is 3. The minimum atomic E-state index is 0.124. The zero-order valence-corrected chi connectivity index (χ0v) is 14.4. The third-order valence-electron chi connectivity index (χ3n) is 5.85. The van der Waals surface area contributed by atoms with E-state index in [1.54, 1.807) is 5.56 Å². The molecule has 0 bridgehead atoms. The highest BCUT2D eigenvalue weighted by Gasteiger charge is 2.43. The summed E-state index contributed by atoms with van der Waals surface area (Å²) in [6.07, 6.45) is 2.48.